The predicted molar refractivity (Wildman–Crippen MR) is 141 cm³/mol. The molecule has 0 saturated carbocycles. The fourth-order valence-corrected chi connectivity index (χ4v) is 4.93. The molecule has 4 rings (SSSR count). The molecule has 10 heteroatoms. The summed E-state index contributed by atoms with van der Waals surface area (Å²) in [7, 11) is 3.10. The number of methoxy groups -OCH3 is 2. The number of ether oxygens (including phenoxy) is 2. The summed E-state index contributed by atoms with van der Waals surface area (Å²) in [6, 6.07) is 17.0. The molecular weight excluding hydrogens is 509 g/mol. The van der Waals surface area contributed by atoms with Gasteiger partial charge in [0, 0.05) is 26.4 Å². The zero-order valence-corrected chi connectivity index (χ0v) is 20.9. The predicted octanol–water partition coefficient (Wildman–Crippen LogP) is 6.24. The molecule has 0 aliphatic carbocycles. The summed E-state index contributed by atoms with van der Waals surface area (Å²) in [5.74, 6) is 0.411. The summed E-state index contributed by atoms with van der Waals surface area (Å²) in [6.07, 6.45) is 1.50. The van der Waals surface area contributed by atoms with E-state index >= 15 is 0 Å². The first-order valence-electron chi connectivity index (χ1n) is 10.2. The molecule has 1 aromatic heterocycles. The van der Waals surface area contributed by atoms with Crippen LogP contribution in [0.2, 0.25) is 10.0 Å². The number of anilines is 1. The Balaban J connectivity index is 1.39. The first-order valence-corrected chi connectivity index (χ1v) is 11.8. The minimum atomic E-state index is -0.399. The molecule has 2 amide bonds. The zero-order chi connectivity index (χ0) is 24.9. The Hall–Kier alpha value is -3.59. The molecule has 3 aromatic carbocycles. The SMILES string of the molecule is COc1ccc(/C=N\NC(=O)c2ccc(NC(=O)c3sc4cc(Cl)ccc4c3Cl)cc2)cc1OC. The van der Waals surface area contributed by atoms with E-state index in [2.05, 4.69) is 15.8 Å². The molecule has 35 heavy (non-hydrogen) atoms. The van der Waals surface area contributed by atoms with Crippen LogP contribution in [0.15, 0.2) is 65.8 Å². The van der Waals surface area contributed by atoms with E-state index in [4.69, 9.17) is 32.7 Å². The fourth-order valence-electron chi connectivity index (χ4n) is 3.24. The maximum absolute atomic E-state index is 12.7. The van der Waals surface area contributed by atoms with Gasteiger partial charge in [-0.25, -0.2) is 5.43 Å². The Bertz CT molecular complexity index is 1430. The summed E-state index contributed by atoms with van der Waals surface area (Å²) in [5.41, 5.74) is 4.09. The van der Waals surface area contributed by atoms with Crippen molar-refractivity contribution in [2.24, 2.45) is 5.10 Å². The van der Waals surface area contributed by atoms with Crippen LogP contribution in [0.4, 0.5) is 5.69 Å². The van der Waals surface area contributed by atoms with Gasteiger partial charge >= 0.3 is 0 Å². The maximum atomic E-state index is 12.7. The van der Waals surface area contributed by atoms with Crippen LogP contribution in [0.3, 0.4) is 0 Å². The number of halogens is 2. The van der Waals surface area contributed by atoms with Gasteiger partial charge in [0.25, 0.3) is 11.8 Å². The van der Waals surface area contributed by atoms with E-state index in [1.165, 1.54) is 17.6 Å². The average molecular weight is 528 g/mol. The smallest absolute Gasteiger partial charge is 0.271 e. The van der Waals surface area contributed by atoms with Gasteiger partial charge in [0.15, 0.2) is 11.5 Å². The maximum Gasteiger partial charge on any atom is 0.271 e. The molecule has 0 aliphatic rings. The highest BCUT2D eigenvalue weighted by molar-refractivity contribution is 7.21. The van der Waals surface area contributed by atoms with Crippen LogP contribution in [-0.2, 0) is 0 Å². The Morgan fingerprint density at radius 2 is 1.66 bits per heavy atom. The first-order chi connectivity index (χ1) is 16.9. The number of hydrogen-bond donors (Lipinski definition) is 2. The van der Waals surface area contributed by atoms with Crippen molar-refractivity contribution in [3.05, 3.63) is 86.7 Å². The highest BCUT2D eigenvalue weighted by Gasteiger charge is 2.17. The van der Waals surface area contributed by atoms with Gasteiger partial charge in [0.05, 0.1) is 25.5 Å². The van der Waals surface area contributed by atoms with Crippen molar-refractivity contribution in [2.45, 2.75) is 0 Å². The molecule has 0 spiro atoms. The Morgan fingerprint density at radius 3 is 2.37 bits per heavy atom. The Morgan fingerprint density at radius 1 is 0.914 bits per heavy atom. The summed E-state index contributed by atoms with van der Waals surface area (Å²) < 4.78 is 11.3. The number of nitrogens with zero attached hydrogens (tertiary/aromatic N) is 1. The number of thiophene rings is 1. The van der Waals surface area contributed by atoms with Gasteiger partial charge in [-0.2, -0.15) is 5.10 Å². The molecule has 0 atom stereocenters. The van der Waals surface area contributed by atoms with E-state index in [1.807, 2.05) is 0 Å². The van der Waals surface area contributed by atoms with Crippen molar-refractivity contribution in [2.75, 3.05) is 19.5 Å². The molecule has 1 heterocycles. The van der Waals surface area contributed by atoms with Crippen molar-refractivity contribution >= 4 is 68.3 Å². The van der Waals surface area contributed by atoms with E-state index in [-0.39, 0.29) is 5.91 Å². The summed E-state index contributed by atoms with van der Waals surface area (Å²) >= 11 is 13.7. The number of benzene rings is 3. The number of rotatable bonds is 7. The summed E-state index contributed by atoms with van der Waals surface area (Å²) in [5, 5.41) is 8.50. The number of carbonyl (C=O) groups excluding carboxylic acids is 2. The van der Waals surface area contributed by atoms with Gasteiger partial charge in [0.2, 0.25) is 0 Å². The number of nitrogens with one attached hydrogen (secondary N) is 2. The van der Waals surface area contributed by atoms with E-state index < -0.39 is 5.91 Å². The van der Waals surface area contributed by atoms with Crippen LogP contribution >= 0.6 is 34.5 Å². The average Bonchev–Trinajstić information content (AvgIpc) is 3.19. The van der Waals surface area contributed by atoms with Gasteiger partial charge in [0.1, 0.15) is 4.88 Å². The number of hydrogen-bond acceptors (Lipinski definition) is 6. The molecule has 0 saturated heterocycles. The molecule has 2 N–H and O–H groups in total. The van der Waals surface area contributed by atoms with Crippen LogP contribution in [0.5, 0.6) is 11.5 Å². The second-order valence-corrected chi connectivity index (χ2v) is 9.10. The lowest BCUT2D eigenvalue weighted by Crippen LogP contribution is -2.17. The zero-order valence-electron chi connectivity index (χ0n) is 18.6. The molecule has 0 unspecified atom stereocenters. The van der Waals surface area contributed by atoms with Crippen molar-refractivity contribution in [3.8, 4) is 11.5 Å². The van der Waals surface area contributed by atoms with Gasteiger partial charge in [-0.05, 0) is 60.2 Å². The molecule has 0 fully saturated rings. The van der Waals surface area contributed by atoms with Crippen LogP contribution in [0.25, 0.3) is 10.1 Å². The lowest BCUT2D eigenvalue weighted by Gasteiger charge is -2.07. The molecule has 178 valence electrons. The van der Waals surface area contributed by atoms with Crippen molar-refractivity contribution in [3.63, 3.8) is 0 Å². The van der Waals surface area contributed by atoms with Crippen molar-refractivity contribution < 1.29 is 19.1 Å². The number of hydrazone groups is 1. The third-order valence-electron chi connectivity index (χ3n) is 4.99. The Kier molecular flexibility index (Phi) is 7.55. The van der Waals surface area contributed by atoms with E-state index in [9.17, 15) is 9.59 Å². The van der Waals surface area contributed by atoms with E-state index in [0.717, 1.165) is 15.6 Å². The quantitative estimate of drug-likeness (QED) is 0.220. The van der Waals surface area contributed by atoms with Crippen molar-refractivity contribution in [1.82, 2.24) is 5.43 Å². The van der Waals surface area contributed by atoms with Gasteiger partial charge in [-0.3, -0.25) is 9.59 Å². The lowest BCUT2D eigenvalue weighted by molar-refractivity contribution is 0.0954. The summed E-state index contributed by atoms with van der Waals surface area (Å²) in [6.45, 7) is 0. The topological polar surface area (TPSA) is 89.0 Å². The van der Waals surface area contributed by atoms with Crippen LogP contribution < -0.4 is 20.2 Å². The van der Waals surface area contributed by atoms with Crippen LogP contribution in [0, 0.1) is 0 Å². The highest BCUT2D eigenvalue weighted by atomic mass is 35.5. The number of fused-ring (bicyclic) bond motifs is 1. The largest absolute Gasteiger partial charge is 0.493 e. The summed E-state index contributed by atoms with van der Waals surface area (Å²) in [4.78, 5) is 25.5. The number of carbonyl (C=O) groups is 2. The van der Waals surface area contributed by atoms with Crippen LogP contribution in [0.1, 0.15) is 25.6 Å². The minimum absolute atomic E-state index is 0.343. The molecule has 4 aromatic rings. The molecule has 7 nitrogen and oxygen atoms in total. The molecule has 0 aliphatic heterocycles. The lowest BCUT2D eigenvalue weighted by atomic mass is 10.2. The van der Waals surface area contributed by atoms with E-state index in [0.29, 0.717) is 37.7 Å². The third kappa shape index (κ3) is 5.57. The normalized spacial score (nSPS) is 11.0. The molecule has 0 bridgehead atoms. The minimum Gasteiger partial charge on any atom is -0.493 e. The van der Waals surface area contributed by atoms with Gasteiger partial charge in [-0.1, -0.05) is 29.3 Å². The van der Waals surface area contributed by atoms with Gasteiger partial charge in [-0.15, -0.1) is 11.3 Å². The highest BCUT2D eigenvalue weighted by Crippen LogP contribution is 2.37. The number of amides is 2. The van der Waals surface area contributed by atoms with E-state index in [1.54, 1.807) is 74.9 Å². The standard InChI is InChI=1S/C25H19Cl2N3O4S/c1-33-19-10-3-14(11-20(19)34-2)13-28-30-24(31)15-4-7-17(8-5-15)29-25(32)23-22(27)18-9-6-16(26)12-21(18)35-23/h3-13H,1-2H3,(H,29,32)(H,30,31)/b28-13-. The second-order valence-electron chi connectivity index (χ2n) is 7.23. The van der Waals surface area contributed by atoms with Crippen molar-refractivity contribution in [1.29, 1.82) is 0 Å². The third-order valence-corrected chi connectivity index (χ3v) is 6.88. The Labute approximate surface area is 215 Å². The molecule has 0 radical (unpaired) electrons. The first kappa shape index (κ1) is 24.5. The monoisotopic (exact) mass is 527 g/mol. The second kappa shape index (κ2) is 10.8. The van der Waals surface area contributed by atoms with Gasteiger partial charge < -0.3 is 14.8 Å². The van der Waals surface area contributed by atoms with Crippen LogP contribution in [-0.4, -0.2) is 32.2 Å². The molecular formula is C25H19Cl2N3O4S. The fraction of sp³-hybridized carbons (Fsp3) is 0.0800.